The standard InChI is InChI=1S/C33H27BrN6/c1-20-13-18-25(19-21(20)2)35-31-33-37-32-29(22(3)38-40(32)26-9-5-4-6-10-26)30(23-14-16-24(34)17-15-23)39(33)28-12-8-7-11-27(28)36-31/h4-19,30H,1-3H3,(H,35,36). The van der Waals surface area contributed by atoms with Crippen molar-refractivity contribution in [1.82, 2.24) is 9.78 Å². The van der Waals surface area contributed by atoms with Gasteiger partial charge in [0, 0.05) is 15.7 Å². The van der Waals surface area contributed by atoms with Crippen molar-refractivity contribution in [3.63, 3.8) is 0 Å². The van der Waals surface area contributed by atoms with Crippen LogP contribution in [0.25, 0.3) is 5.69 Å². The van der Waals surface area contributed by atoms with Crippen LogP contribution in [0.4, 0.5) is 22.9 Å². The fourth-order valence-corrected chi connectivity index (χ4v) is 5.73. The number of nitrogens with one attached hydrogen (secondary N) is 1. The number of anilines is 2. The lowest BCUT2D eigenvalue weighted by molar-refractivity contribution is 0.815. The SMILES string of the molecule is Cc1ccc(NC2=Nc3ccccc3N3C2=Nc2c(c(C)nn2-c2ccccc2)C3c2ccc(Br)cc2)cc1C. The summed E-state index contributed by atoms with van der Waals surface area (Å²) < 4.78 is 2.99. The molecular weight excluding hydrogens is 560 g/mol. The highest BCUT2D eigenvalue weighted by Crippen LogP contribution is 2.48. The molecule has 0 spiro atoms. The van der Waals surface area contributed by atoms with Gasteiger partial charge in [0.15, 0.2) is 17.5 Å². The molecule has 0 radical (unpaired) electrons. The van der Waals surface area contributed by atoms with Gasteiger partial charge in [0.25, 0.3) is 0 Å². The van der Waals surface area contributed by atoms with E-state index in [-0.39, 0.29) is 6.04 Å². The molecule has 1 unspecified atom stereocenters. The third-order valence-electron chi connectivity index (χ3n) is 7.59. The first-order chi connectivity index (χ1) is 19.5. The number of benzene rings is 4. The van der Waals surface area contributed by atoms with Crippen LogP contribution in [0.3, 0.4) is 0 Å². The average Bonchev–Trinajstić information content (AvgIpc) is 3.31. The third-order valence-corrected chi connectivity index (χ3v) is 8.12. The molecule has 0 bridgehead atoms. The van der Waals surface area contributed by atoms with Crippen molar-refractivity contribution < 1.29 is 0 Å². The molecular formula is C33H27BrN6. The monoisotopic (exact) mass is 586 g/mol. The van der Waals surface area contributed by atoms with E-state index in [0.717, 1.165) is 55.7 Å². The Morgan fingerprint density at radius 1 is 0.775 bits per heavy atom. The summed E-state index contributed by atoms with van der Waals surface area (Å²) in [5.74, 6) is 2.28. The summed E-state index contributed by atoms with van der Waals surface area (Å²) in [6.07, 6.45) is 0. The molecule has 40 heavy (non-hydrogen) atoms. The highest BCUT2D eigenvalue weighted by molar-refractivity contribution is 9.10. The number of aromatic nitrogens is 2. The van der Waals surface area contributed by atoms with Crippen molar-refractivity contribution in [3.05, 3.63) is 129 Å². The van der Waals surface area contributed by atoms with Crippen molar-refractivity contribution >= 4 is 50.5 Å². The first-order valence-corrected chi connectivity index (χ1v) is 14.1. The first-order valence-electron chi connectivity index (χ1n) is 13.3. The van der Waals surface area contributed by atoms with Gasteiger partial charge in [0.1, 0.15) is 0 Å². The largest absolute Gasteiger partial charge is 0.337 e. The minimum atomic E-state index is -0.152. The molecule has 0 aliphatic carbocycles. The van der Waals surface area contributed by atoms with E-state index in [1.165, 1.54) is 11.1 Å². The number of fused-ring (bicyclic) bond motifs is 4. The van der Waals surface area contributed by atoms with Crippen LogP contribution >= 0.6 is 15.9 Å². The second-order valence-electron chi connectivity index (χ2n) is 10.2. The van der Waals surface area contributed by atoms with Crippen LogP contribution in [0.15, 0.2) is 112 Å². The lowest BCUT2D eigenvalue weighted by Gasteiger charge is -2.40. The van der Waals surface area contributed by atoms with Crippen LogP contribution in [0, 0.1) is 20.8 Å². The predicted octanol–water partition coefficient (Wildman–Crippen LogP) is 8.36. The van der Waals surface area contributed by atoms with Crippen LogP contribution in [-0.4, -0.2) is 21.5 Å². The van der Waals surface area contributed by atoms with Crippen molar-refractivity contribution in [2.75, 3.05) is 10.2 Å². The smallest absolute Gasteiger partial charge is 0.179 e. The maximum Gasteiger partial charge on any atom is 0.179 e. The van der Waals surface area contributed by atoms with Gasteiger partial charge in [-0.3, -0.25) is 0 Å². The van der Waals surface area contributed by atoms with E-state index < -0.39 is 0 Å². The third kappa shape index (κ3) is 4.05. The zero-order chi connectivity index (χ0) is 27.4. The second-order valence-corrected chi connectivity index (χ2v) is 11.1. The van der Waals surface area contributed by atoms with Crippen LogP contribution < -0.4 is 10.2 Å². The van der Waals surface area contributed by atoms with Gasteiger partial charge >= 0.3 is 0 Å². The Hall–Kier alpha value is -4.49. The highest BCUT2D eigenvalue weighted by atomic mass is 79.9. The Morgan fingerprint density at radius 2 is 1.52 bits per heavy atom. The summed E-state index contributed by atoms with van der Waals surface area (Å²) in [4.78, 5) is 12.7. The topological polar surface area (TPSA) is 57.8 Å². The highest BCUT2D eigenvalue weighted by Gasteiger charge is 2.41. The van der Waals surface area contributed by atoms with Gasteiger partial charge in [-0.2, -0.15) is 5.10 Å². The van der Waals surface area contributed by atoms with E-state index in [2.05, 4.69) is 120 Å². The minimum Gasteiger partial charge on any atom is -0.337 e. The molecule has 0 saturated heterocycles. The first kappa shape index (κ1) is 24.5. The van der Waals surface area contributed by atoms with Crippen LogP contribution in [-0.2, 0) is 0 Å². The molecule has 7 rings (SSSR count). The number of aliphatic imine (C=N–C) groups is 2. The van der Waals surface area contributed by atoms with Crippen molar-refractivity contribution in [1.29, 1.82) is 0 Å². The Kier molecular flexibility index (Phi) is 5.90. The zero-order valence-corrected chi connectivity index (χ0v) is 24.0. The molecule has 7 heteroatoms. The van der Waals surface area contributed by atoms with E-state index in [0.29, 0.717) is 5.84 Å². The van der Waals surface area contributed by atoms with Gasteiger partial charge in [-0.05, 0) is 86.0 Å². The summed E-state index contributed by atoms with van der Waals surface area (Å²) in [6.45, 7) is 6.32. The number of hydrogen-bond donors (Lipinski definition) is 1. The fraction of sp³-hybridized carbons (Fsp3) is 0.121. The number of aryl methyl sites for hydroxylation is 3. The molecule has 196 valence electrons. The van der Waals surface area contributed by atoms with Gasteiger partial charge in [0.2, 0.25) is 0 Å². The maximum atomic E-state index is 5.31. The Morgan fingerprint density at radius 3 is 2.30 bits per heavy atom. The molecule has 1 aromatic heterocycles. The zero-order valence-electron chi connectivity index (χ0n) is 22.4. The summed E-state index contributed by atoms with van der Waals surface area (Å²) in [5.41, 5.74) is 9.49. The molecule has 2 aliphatic rings. The van der Waals surface area contributed by atoms with Crippen LogP contribution in [0.1, 0.15) is 34.0 Å². The van der Waals surface area contributed by atoms with E-state index in [4.69, 9.17) is 15.1 Å². The molecule has 0 fully saturated rings. The van der Waals surface area contributed by atoms with E-state index in [1.807, 2.05) is 28.9 Å². The van der Waals surface area contributed by atoms with Crippen LogP contribution in [0.5, 0.6) is 0 Å². The number of hydrogen-bond acceptors (Lipinski definition) is 5. The number of amidine groups is 2. The summed E-state index contributed by atoms with van der Waals surface area (Å²) >= 11 is 3.62. The van der Waals surface area contributed by atoms with Gasteiger partial charge in [-0.15, -0.1) is 0 Å². The number of rotatable bonds is 3. The van der Waals surface area contributed by atoms with Crippen LogP contribution in [0.2, 0.25) is 0 Å². The minimum absolute atomic E-state index is 0.152. The normalized spacial score (nSPS) is 15.5. The molecule has 4 aromatic carbocycles. The average molecular weight is 588 g/mol. The van der Waals surface area contributed by atoms with E-state index in [1.54, 1.807) is 0 Å². The Bertz CT molecular complexity index is 1820. The van der Waals surface area contributed by atoms with E-state index in [9.17, 15) is 0 Å². The number of para-hydroxylation sites is 3. The predicted molar refractivity (Wildman–Crippen MR) is 167 cm³/mol. The molecule has 3 heterocycles. The van der Waals surface area contributed by atoms with Crippen molar-refractivity contribution in [2.24, 2.45) is 9.98 Å². The molecule has 1 atom stereocenters. The van der Waals surface area contributed by atoms with Gasteiger partial charge in [0.05, 0.1) is 28.8 Å². The summed E-state index contributed by atoms with van der Waals surface area (Å²) in [7, 11) is 0. The molecule has 2 aliphatic heterocycles. The molecule has 1 N–H and O–H groups in total. The summed E-state index contributed by atoms with van der Waals surface area (Å²) in [6, 6.07) is 33.2. The molecule has 5 aromatic rings. The molecule has 0 saturated carbocycles. The Labute approximate surface area is 241 Å². The number of halogens is 1. The summed E-state index contributed by atoms with van der Waals surface area (Å²) in [5, 5.41) is 8.62. The van der Waals surface area contributed by atoms with Crippen molar-refractivity contribution in [3.8, 4) is 5.69 Å². The van der Waals surface area contributed by atoms with Crippen molar-refractivity contribution in [2.45, 2.75) is 26.8 Å². The fourth-order valence-electron chi connectivity index (χ4n) is 5.46. The van der Waals surface area contributed by atoms with Gasteiger partial charge in [-0.25, -0.2) is 14.7 Å². The quantitative estimate of drug-likeness (QED) is 0.231. The van der Waals surface area contributed by atoms with Gasteiger partial charge < -0.3 is 10.2 Å². The van der Waals surface area contributed by atoms with E-state index >= 15 is 0 Å². The van der Waals surface area contributed by atoms with Gasteiger partial charge in [-0.1, -0.05) is 64.5 Å². The number of nitrogens with zero attached hydrogens (tertiary/aromatic N) is 5. The lowest BCUT2D eigenvalue weighted by atomic mass is 9.93. The lowest BCUT2D eigenvalue weighted by Crippen LogP contribution is -2.46. The maximum absolute atomic E-state index is 5.31. The molecule has 0 amide bonds. The molecule has 6 nitrogen and oxygen atoms in total. The Balaban J connectivity index is 1.49. The second kappa shape index (κ2) is 9.61.